The predicted octanol–water partition coefficient (Wildman–Crippen LogP) is 4.57. The van der Waals surface area contributed by atoms with Gasteiger partial charge in [0.1, 0.15) is 5.65 Å². The molecule has 5 rings (SSSR count). The minimum atomic E-state index is 0.886. The molecule has 0 saturated carbocycles. The topological polar surface area (TPSA) is 22.2 Å². The molecule has 0 amide bonds. The summed E-state index contributed by atoms with van der Waals surface area (Å²) < 4.78 is 4.48. The lowest BCUT2D eigenvalue weighted by atomic mass is 10.1. The summed E-state index contributed by atoms with van der Waals surface area (Å²) in [6, 6.07) is 21.3. The molecule has 3 heteroatoms. The summed E-state index contributed by atoms with van der Waals surface area (Å²) in [6.07, 6.45) is 5.09. The molecule has 0 radical (unpaired) electrons. The van der Waals surface area contributed by atoms with Crippen LogP contribution in [0.3, 0.4) is 0 Å². The van der Waals surface area contributed by atoms with Crippen LogP contribution in [0.25, 0.3) is 27.5 Å². The van der Waals surface area contributed by atoms with Gasteiger partial charge in [-0.15, -0.1) is 0 Å². The molecule has 3 aromatic heterocycles. The average Bonchev–Trinajstić information content (AvgIpc) is 3.14. The van der Waals surface area contributed by atoms with Crippen LogP contribution in [0.5, 0.6) is 0 Å². The van der Waals surface area contributed by atoms with Crippen LogP contribution in [0.2, 0.25) is 0 Å². The largest absolute Gasteiger partial charge is 0.342 e. The number of aryl methyl sites for hydroxylation is 1. The van der Waals surface area contributed by atoms with Crippen LogP contribution < -0.4 is 0 Å². The van der Waals surface area contributed by atoms with Crippen LogP contribution >= 0.6 is 0 Å². The van der Waals surface area contributed by atoms with Gasteiger partial charge in [-0.3, -0.25) is 0 Å². The molecule has 0 N–H and O–H groups in total. The average molecular weight is 311 g/mol. The number of hydrogen-bond donors (Lipinski definition) is 0. The highest BCUT2D eigenvalue weighted by Gasteiger charge is 2.11. The molecule has 0 atom stereocenters. The summed E-state index contributed by atoms with van der Waals surface area (Å²) >= 11 is 0. The number of hydrogen-bond acceptors (Lipinski definition) is 1. The van der Waals surface area contributed by atoms with Crippen molar-refractivity contribution in [2.75, 3.05) is 0 Å². The quantitative estimate of drug-likeness (QED) is 0.468. The van der Waals surface area contributed by atoms with E-state index in [2.05, 4.69) is 87.9 Å². The number of aromatic nitrogens is 3. The summed E-state index contributed by atoms with van der Waals surface area (Å²) in [6.45, 7) is 0. The third kappa shape index (κ3) is 1.88. The summed E-state index contributed by atoms with van der Waals surface area (Å²) in [5.41, 5.74) is 6.01. The van der Waals surface area contributed by atoms with Crippen molar-refractivity contribution in [3.63, 3.8) is 0 Å². The molecule has 0 spiro atoms. The van der Waals surface area contributed by atoms with Gasteiger partial charge < -0.3 is 8.97 Å². The van der Waals surface area contributed by atoms with Crippen LogP contribution in [0.15, 0.2) is 73.1 Å². The second-order valence-electron chi connectivity index (χ2n) is 6.29. The minimum Gasteiger partial charge on any atom is -0.342 e. The Bertz CT molecular complexity index is 1180. The first-order valence-corrected chi connectivity index (χ1v) is 8.18. The molecule has 24 heavy (non-hydrogen) atoms. The van der Waals surface area contributed by atoms with Crippen LogP contribution in [0.4, 0.5) is 0 Å². The van der Waals surface area contributed by atoms with Crippen molar-refractivity contribution in [1.29, 1.82) is 0 Å². The van der Waals surface area contributed by atoms with E-state index >= 15 is 0 Å². The van der Waals surface area contributed by atoms with E-state index in [0.717, 1.165) is 12.1 Å². The Morgan fingerprint density at radius 3 is 2.54 bits per heavy atom. The highest BCUT2D eigenvalue weighted by Crippen LogP contribution is 2.29. The Hall–Kier alpha value is -3.07. The zero-order valence-corrected chi connectivity index (χ0v) is 13.5. The first kappa shape index (κ1) is 13.4. The molecule has 3 heterocycles. The third-order valence-electron chi connectivity index (χ3n) is 4.85. The maximum atomic E-state index is 4.63. The SMILES string of the molecule is Cn1c2ccccc2c2cc3ncc(Cc4ccccc4)n3cc21. The lowest BCUT2D eigenvalue weighted by Gasteiger charge is -2.04. The monoisotopic (exact) mass is 311 g/mol. The van der Waals surface area contributed by atoms with Gasteiger partial charge in [0, 0.05) is 47.8 Å². The number of nitrogens with zero attached hydrogens (tertiary/aromatic N) is 3. The smallest absolute Gasteiger partial charge is 0.137 e. The van der Waals surface area contributed by atoms with E-state index in [-0.39, 0.29) is 0 Å². The van der Waals surface area contributed by atoms with Gasteiger partial charge in [-0.2, -0.15) is 0 Å². The fourth-order valence-electron chi connectivity index (χ4n) is 3.61. The van der Waals surface area contributed by atoms with Crippen LogP contribution in [-0.4, -0.2) is 14.0 Å². The molecular weight excluding hydrogens is 294 g/mol. The Balaban J connectivity index is 1.76. The number of para-hydroxylation sites is 1. The van der Waals surface area contributed by atoms with Crippen molar-refractivity contribution in [3.05, 3.63) is 84.3 Å². The molecule has 0 saturated heterocycles. The van der Waals surface area contributed by atoms with Gasteiger partial charge in [-0.05, 0) is 17.7 Å². The van der Waals surface area contributed by atoms with Gasteiger partial charge in [0.15, 0.2) is 0 Å². The molecule has 5 aromatic rings. The Morgan fingerprint density at radius 2 is 1.67 bits per heavy atom. The molecule has 0 fully saturated rings. The van der Waals surface area contributed by atoms with Crippen molar-refractivity contribution >= 4 is 27.5 Å². The Labute approximate surface area is 139 Å². The van der Waals surface area contributed by atoms with Gasteiger partial charge in [0.2, 0.25) is 0 Å². The van der Waals surface area contributed by atoms with Crippen molar-refractivity contribution < 1.29 is 0 Å². The first-order valence-electron chi connectivity index (χ1n) is 8.18. The van der Waals surface area contributed by atoms with Crippen LogP contribution in [0, 0.1) is 0 Å². The van der Waals surface area contributed by atoms with E-state index in [1.54, 1.807) is 0 Å². The summed E-state index contributed by atoms with van der Waals surface area (Å²) in [5.74, 6) is 0. The van der Waals surface area contributed by atoms with Crippen molar-refractivity contribution in [2.24, 2.45) is 7.05 Å². The van der Waals surface area contributed by atoms with E-state index < -0.39 is 0 Å². The molecule has 0 aliphatic heterocycles. The Morgan fingerprint density at radius 1 is 0.875 bits per heavy atom. The van der Waals surface area contributed by atoms with E-state index in [4.69, 9.17) is 0 Å². The van der Waals surface area contributed by atoms with Crippen LogP contribution in [0.1, 0.15) is 11.3 Å². The maximum Gasteiger partial charge on any atom is 0.137 e. The normalized spacial score (nSPS) is 11.7. The number of pyridine rings is 1. The second-order valence-corrected chi connectivity index (χ2v) is 6.29. The molecule has 0 bridgehead atoms. The van der Waals surface area contributed by atoms with Crippen molar-refractivity contribution in [2.45, 2.75) is 6.42 Å². The van der Waals surface area contributed by atoms with Gasteiger partial charge in [0.25, 0.3) is 0 Å². The van der Waals surface area contributed by atoms with E-state index in [1.165, 1.54) is 33.1 Å². The highest BCUT2D eigenvalue weighted by atomic mass is 15.0. The fourth-order valence-corrected chi connectivity index (χ4v) is 3.61. The summed E-state index contributed by atoms with van der Waals surface area (Å²) in [4.78, 5) is 4.63. The molecule has 116 valence electrons. The lowest BCUT2D eigenvalue weighted by molar-refractivity contribution is 0.986. The molecule has 2 aromatic carbocycles. The van der Waals surface area contributed by atoms with Crippen molar-refractivity contribution in [1.82, 2.24) is 14.0 Å². The standard InChI is InChI=1S/C21H17N3/c1-23-19-10-6-5-9-17(19)18-12-21-22-13-16(24(21)14-20(18)23)11-15-7-3-2-4-8-15/h2-10,12-14H,11H2,1H3. The summed E-state index contributed by atoms with van der Waals surface area (Å²) in [5, 5.41) is 2.54. The number of fused-ring (bicyclic) bond motifs is 4. The van der Waals surface area contributed by atoms with E-state index in [9.17, 15) is 0 Å². The van der Waals surface area contributed by atoms with Crippen LogP contribution in [-0.2, 0) is 13.5 Å². The van der Waals surface area contributed by atoms with Crippen molar-refractivity contribution in [3.8, 4) is 0 Å². The highest BCUT2D eigenvalue weighted by molar-refractivity contribution is 6.08. The summed E-state index contributed by atoms with van der Waals surface area (Å²) in [7, 11) is 2.13. The fraction of sp³-hybridized carbons (Fsp3) is 0.0952. The number of imidazole rings is 1. The van der Waals surface area contributed by atoms with Gasteiger partial charge in [-0.25, -0.2) is 4.98 Å². The third-order valence-corrected chi connectivity index (χ3v) is 4.85. The minimum absolute atomic E-state index is 0.886. The molecule has 0 aliphatic rings. The molecule has 0 unspecified atom stereocenters. The molecule has 0 aliphatic carbocycles. The number of benzene rings is 2. The number of rotatable bonds is 2. The lowest BCUT2D eigenvalue weighted by Crippen LogP contribution is -1.96. The molecular formula is C21H17N3. The van der Waals surface area contributed by atoms with Gasteiger partial charge >= 0.3 is 0 Å². The Kier molecular flexibility index (Phi) is 2.77. The maximum absolute atomic E-state index is 4.63. The zero-order chi connectivity index (χ0) is 16.1. The zero-order valence-electron chi connectivity index (χ0n) is 13.5. The molecule has 3 nitrogen and oxygen atoms in total. The van der Waals surface area contributed by atoms with Gasteiger partial charge in [0.05, 0.1) is 5.52 Å². The first-order chi connectivity index (χ1) is 11.8. The van der Waals surface area contributed by atoms with E-state index in [1.807, 2.05) is 6.20 Å². The van der Waals surface area contributed by atoms with Gasteiger partial charge in [-0.1, -0.05) is 48.5 Å². The van der Waals surface area contributed by atoms with E-state index in [0.29, 0.717) is 0 Å². The second kappa shape index (κ2) is 4.96. The predicted molar refractivity (Wildman–Crippen MR) is 98.4 cm³/mol.